The van der Waals surface area contributed by atoms with Gasteiger partial charge in [-0.05, 0) is 40.0 Å². The Morgan fingerprint density at radius 2 is 2.00 bits per heavy atom. The van der Waals surface area contributed by atoms with E-state index < -0.39 is 0 Å². The molecule has 0 aromatic carbocycles. The van der Waals surface area contributed by atoms with Crippen LogP contribution in [0.4, 0.5) is 0 Å². The fourth-order valence-electron chi connectivity index (χ4n) is 2.56. The Bertz CT molecular complexity index is 232. The lowest BCUT2D eigenvalue weighted by Gasteiger charge is -2.35. The standard InChI is InChI=1S/C13H27N3O2/c1-15(2)9-6-13-14-17-11-12(18-13)10-16-7-4-3-5-8-16/h12-14H,3-11H2,1-2H3. The van der Waals surface area contributed by atoms with E-state index in [0.717, 1.165) is 19.5 Å². The van der Waals surface area contributed by atoms with E-state index in [2.05, 4.69) is 29.4 Å². The molecule has 0 aromatic rings. The van der Waals surface area contributed by atoms with Gasteiger partial charge in [-0.1, -0.05) is 6.42 Å². The average Bonchev–Trinajstić information content (AvgIpc) is 2.38. The number of hydrogen-bond acceptors (Lipinski definition) is 5. The van der Waals surface area contributed by atoms with Gasteiger partial charge in [0.25, 0.3) is 0 Å². The molecule has 0 radical (unpaired) electrons. The third-order valence-electron chi connectivity index (χ3n) is 3.59. The van der Waals surface area contributed by atoms with E-state index in [4.69, 9.17) is 9.57 Å². The first-order valence-electron chi connectivity index (χ1n) is 7.14. The highest BCUT2D eigenvalue weighted by atomic mass is 16.7. The molecule has 18 heavy (non-hydrogen) atoms. The second-order valence-electron chi connectivity index (χ2n) is 5.63. The number of piperidine rings is 1. The van der Waals surface area contributed by atoms with Crippen LogP contribution in [0.15, 0.2) is 0 Å². The molecule has 2 unspecified atom stereocenters. The minimum atomic E-state index is 0.0379. The maximum absolute atomic E-state index is 6.04. The smallest absolute Gasteiger partial charge is 0.132 e. The summed E-state index contributed by atoms with van der Waals surface area (Å²) in [6.07, 6.45) is 5.26. The number of nitrogens with zero attached hydrogens (tertiary/aromatic N) is 2. The van der Waals surface area contributed by atoms with Crippen LogP contribution >= 0.6 is 0 Å². The van der Waals surface area contributed by atoms with E-state index in [1.165, 1.54) is 32.4 Å². The van der Waals surface area contributed by atoms with Gasteiger partial charge < -0.3 is 14.5 Å². The second-order valence-corrected chi connectivity index (χ2v) is 5.63. The van der Waals surface area contributed by atoms with Crippen LogP contribution in [0.5, 0.6) is 0 Å². The Morgan fingerprint density at radius 3 is 2.72 bits per heavy atom. The van der Waals surface area contributed by atoms with Crippen LogP contribution < -0.4 is 5.48 Å². The molecule has 0 amide bonds. The summed E-state index contributed by atoms with van der Waals surface area (Å²) in [5.41, 5.74) is 2.97. The molecule has 106 valence electrons. The lowest BCUT2D eigenvalue weighted by atomic mass is 10.1. The average molecular weight is 257 g/mol. The first kappa shape index (κ1) is 14.2. The molecule has 2 fully saturated rings. The Kier molecular flexibility index (Phi) is 5.85. The molecule has 5 nitrogen and oxygen atoms in total. The first-order chi connectivity index (χ1) is 8.74. The van der Waals surface area contributed by atoms with Crippen molar-refractivity contribution in [2.24, 2.45) is 0 Å². The molecule has 2 aliphatic rings. The van der Waals surface area contributed by atoms with Gasteiger partial charge in [-0.2, -0.15) is 5.48 Å². The van der Waals surface area contributed by atoms with Gasteiger partial charge in [-0.25, -0.2) is 0 Å². The number of nitrogens with one attached hydrogen (secondary N) is 1. The van der Waals surface area contributed by atoms with E-state index in [-0.39, 0.29) is 12.3 Å². The molecule has 0 aromatic heterocycles. The van der Waals surface area contributed by atoms with Crippen molar-refractivity contribution in [2.75, 3.05) is 46.9 Å². The quantitative estimate of drug-likeness (QED) is 0.783. The molecule has 2 heterocycles. The third-order valence-corrected chi connectivity index (χ3v) is 3.59. The van der Waals surface area contributed by atoms with Crippen molar-refractivity contribution in [3.8, 4) is 0 Å². The summed E-state index contributed by atoms with van der Waals surface area (Å²) in [5.74, 6) is 0. The molecule has 5 heteroatoms. The van der Waals surface area contributed by atoms with Crippen LogP contribution in [0.1, 0.15) is 25.7 Å². The largest absolute Gasteiger partial charge is 0.354 e. The highest BCUT2D eigenvalue weighted by Crippen LogP contribution is 2.13. The zero-order valence-corrected chi connectivity index (χ0v) is 11.7. The normalized spacial score (nSPS) is 30.8. The highest BCUT2D eigenvalue weighted by Gasteiger charge is 2.25. The van der Waals surface area contributed by atoms with Crippen LogP contribution in [0.25, 0.3) is 0 Å². The molecule has 1 N–H and O–H groups in total. The Morgan fingerprint density at radius 1 is 1.22 bits per heavy atom. The summed E-state index contributed by atoms with van der Waals surface area (Å²) in [7, 11) is 4.16. The van der Waals surface area contributed by atoms with Crippen molar-refractivity contribution >= 4 is 0 Å². The van der Waals surface area contributed by atoms with Crippen LogP contribution in [0, 0.1) is 0 Å². The van der Waals surface area contributed by atoms with E-state index in [9.17, 15) is 0 Å². The van der Waals surface area contributed by atoms with E-state index in [1.807, 2.05) is 0 Å². The SMILES string of the molecule is CN(C)CCC1NOCC(CN2CCCCC2)O1. The second kappa shape index (κ2) is 7.40. The first-order valence-corrected chi connectivity index (χ1v) is 7.14. The summed E-state index contributed by atoms with van der Waals surface area (Å²) < 4.78 is 6.04. The van der Waals surface area contributed by atoms with Crippen molar-refractivity contribution in [1.82, 2.24) is 15.3 Å². The van der Waals surface area contributed by atoms with Gasteiger partial charge in [-0.15, -0.1) is 0 Å². The van der Waals surface area contributed by atoms with E-state index in [1.54, 1.807) is 0 Å². The lowest BCUT2D eigenvalue weighted by Crippen LogP contribution is -2.50. The number of likely N-dealkylation sites (tertiary alicyclic amines) is 1. The molecule has 0 spiro atoms. The van der Waals surface area contributed by atoms with Crippen molar-refractivity contribution < 1.29 is 9.57 Å². The summed E-state index contributed by atoms with van der Waals surface area (Å²) >= 11 is 0. The summed E-state index contributed by atoms with van der Waals surface area (Å²) in [5, 5.41) is 0. The van der Waals surface area contributed by atoms with Gasteiger partial charge in [0.1, 0.15) is 6.23 Å². The molecular formula is C13H27N3O2. The van der Waals surface area contributed by atoms with Crippen LogP contribution in [-0.2, 0) is 9.57 Å². The number of hydrogen-bond donors (Lipinski definition) is 1. The van der Waals surface area contributed by atoms with Gasteiger partial charge in [-0.3, -0.25) is 4.84 Å². The van der Waals surface area contributed by atoms with Crippen molar-refractivity contribution in [3.63, 3.8) is 0 Å². The molecule has 2 saturated heterocycles. The minimum absolute atomic E-state index is 0.0379. The van der Waals surface area contributed by atoms with Gasteiger partial charge in [0.15, 0.2) is 0 Å². The highest BCUT2D eigenvalue weighted by molar-refractivity contribution is 4.72. The predicted octanol–water partition coefficient (Wildman–Crippen LogP) is 0.670. The Hall–Kier alpha value is -0.200. The van der Waals surface area contributed by atoms with E-state index in [0.29, 0.717) is 6.61 Å². The van der Waals surface area contributed by atoms with Crippen LogP contribution in [-0.4, -0.2) is 69.0 Å². The zero-order chi connectivity index (χ0) is 12.8. The van der Waals surface area contributed by atoms with Gasteiger partial charge in [0.05, 0.1) is 12.7 Å². The van der Waals surface area contributed by atoms with Gasteiger partial charge in [0.2, 0.25) is 0 Å². The van der Waals surface area contributed by atoms with Crippen molar-refractivity contribution in [2.45, 2.75) is 38.0 Å². The topological polar surface area (TPSA) is 37.0 Å². The lowest BCUT2D eigenvalue weighted by molar-refractivity contribution is -0.202. The van der Waals surface area contributed by atoms with Gasteiger partial charge in [0, 0.05) is 19.5 Å². The summed E-state index contributed by atoms with van der Waals surface area (Å²) in [6, 6.07) is 0. The fraction of sp³-hybridized carbons (Fsp3) is 1.00. The molecule has 2 aliphatic heterocycles. The maximum atomic E-state index is 6.04. The van der Waals surface area contributed by atoms with Crippen molar-refractivity contribution in [1.29, 1.82) is 0 Å². The van der Waals surface area contributed by atoms with E-state index >= 15 is 0 Å². The third kappa shape index (κ3) is 4.82. The number of rotatable bonds is 5. The zero-order valence-electron chi connectivity index (χ0n) is 11.7. The molecule has 0 aliphatic carbocycles. The number of ether oxygens (including phenoxy) is 1. The summed E-state index contributed by atoms with van der Waals surface area (Å²) in [4.78, 5) is 10.1. The fourth-order valence-corrected chi connectivity index (χ4v) is 2.56. The Labute approximate surface area is 110 Å². The van der Waals surface area contributed by atoms with Crippen molar-refractivity contribution in [3.05, 3.63) is 0 Å². The monoisotopic (exact) mass is 257 g/mol. The molecular weight excluding hydrogens is 230 g/mol. The maximum Gasteiger partial charge on any atom is 0.132 e. The molecule has 2 rings (SSSR count). The molecule has 0 saturated carbocycles. The molecule has 2 atom stereocenters. The Balaban J connectivity index is 1.68. The van der Waals surface area contributed by atoms with Gasteiger partial charge >= 0.3 is 0 Å². The number of hydroxylamine groups is 1. The van der Waals surface area contributed by atoms with Crippen LogP contribution in [0.2, 0.25) is 0 Å². The van der Waals surface area contributed by atoms with Crippen LogP contribution in [0.3, 0.4) is 0 Å². The minimum Gasteiger partial charge on any atom is -0.354 e. The predicted molar refractivity (Wildman–Crippen MR) is 71.2 cm³/mol. The summed E-state index contributed by atoms with van der Waals surface area (Å²) in [6.45, 7) is 5.12. The molecule has 0 bridgehead atoms.